The molecule has 2 atom stereocenters. The first-order valence-electron chi connectivity index (χ1n) is 11.3. The molecule has 6 rings (SSSR count). The summed E-state index contributed by atoms with van der Waals surface area (Å²) in [5.74, 6) is -0.598. The maximum absolute atomic E-state index is 14.2. The fourth-order valence-corrected chi connectivity index (χ4v) is 4.70. The van der Waals surface area contributed by atoms with Gasteiger partial charge in [0.05, 0.1) is 36.4 Å². The molecule has 1 aliphatic rings. The van der Waals surface area contributed by atoms with Gasteiger partial charge in [-0.25, -0.2) is 14.5 Å². The molecule has 0 radical (unpaired) electrons. The third kappa shape index (κ3) is 4.09. The number of hydrogen-bond acceptors (Lipinski definition) is 7. The van der Waals surface area contributed by atoms with E-state index in [2.05, 4.69) is 25.1 Å². The van der Waals surface area contributed by atoms with Gasteiger partial charge in [0, 0.05) is 24.2 Å². The average molecular weight is 513 g/mol. The SMILES string of the molecule is COc1ncc(-c2cc(C3C[C@@H]3c3ccc4c(F)nn(CC(F)(F)F)c4c3)c3nccn3n2)c(OC)n1. The summed E-state index contributed by atoms with van der Waals surface area (Å²) in [6, 6.07) is 6.86. The number of benzene rings is 1. The molecule has 4 heterocycles. The molecule has 0 saturated heterocycles. The van der Waals surface area contributed by atoms with Crippen LogP contribution in [0.3, 0.4) is 0 Å². The highest BCUT2D eigenvalue weighted by Gasteiger charge is 2.42. The lowest BCUT2D eigenvalue weighted by Gasteiger charge is -2.11. The lowest BCUT2D eigenvalue weighted by molar-refractivity contribution is -0.142. The van der Waals surface area contributed by atoms with Crippen LogP contribution in [0.5, 0.6) is 11.9 Å². The van der Waals surface area contributed by atoms with Crippen LogP contribution < -0.4 is 9.47 Å². The van der Waals surface area contributed by atoms with Crippen molar-refractivity contribution in [2.75, 3.05) is 14.2 Å². The zero-order valence-electron chi connectivity index (χ0n) is 19.6. The molecule has 1 aromatic carbocycles. The van der Waals surface area contributed by atoms with Crippen LogP contribution in [0.15, 0.2) is 42.9 Å². The molecule has 1 fully saturated rings. The van der Waals surface area contributed by atoms with E-state index in [1.807, 2.05) is 6.07 Å². The summed E-state index contributed by atoms with van der Waals surface area (Å²) in [5, 5.41) is 8.13. The number of imidazole rings is 1. The lowest BCUT2D eigenvalue weighted by Crippen LogP contribution is -2.18. The third-order valence-electron chi connectivity index (χ3n) is 6.45. The summed E-state index contributed by atoms with van der Waals surface area (Å²) in [4.78, 5) is 12.9. The van der Waals surface area contributed by atoms with Gasteiger partial charge in [-0.15, -0.1) is 5.10 Å². The number of halogens is 4. The van der Waals surface area contributed by atoms with Gasteiger partial charge < -0.3 is 9.47 Å². The average Bonchev–Trinajstić information content (AvgIpc) is 3.43. The van der Waals surface area contributed by atoms with E-state index in [9.17, 15) is 17.6 Å². The molecule has 1 saturated carbocycles. The predicted octanol–water partition coefficient (Wildman–Crippen LogP) is 4.53. The van der Waals surface area contributed by atoms with Crippen LogP contribution in [0.25, 0.3) is 27.8 Å². The summed E-state index contributed by atoms with van der Waals surface area (Å²) in [7, 11) is 2.94. The molecule has 4 aromatic heterocycles. The second-order valence-electron chi connectivity index (χ2n) is 8.75. The van der Waals surface area contributed by atoms with Crippen molar-refractivity contribution in [3.63, 3.8) is 0 Å². The van der Waals surface area contributed by atoms with Gasteiger partial charge in [-0.1, -0.05) is 6.07 Å². The molecule has 0 amide bonds. The first-order valence-corrected chi connectivity index (χ1v) is 11.3. The molecule has 9 nitrogen and oxygen atoms in total. The number of aromatic nitrogens is 7. The molecule has 1 aliphatic carbocycles. The first kappa shape index (κ1) is 23.1. The smallest absolute Gasteiger partial charge is 0.408 e. The number of fused-ring (bicyclic) bond motifs is 2. The maximum Gasteiger partial charge on any atom is 0.408 e. The Morgan fingerprint density at radius 3 is 2.65 bits per heavy atom. The van der Waals surface area contributed by atoms with Gasteiger partial charge in [0.15, 0.2) is 5.65 Å². The van der Waals surface area contributed by atoms with Gasteiger partial charge in [0.1, 0.15) is 6.54 Å². The van der Waals surface area contributed by atoms with Crippen LogP contribution in [-0.2, 0) is 6.54 Å². The van der Waals surface area contributed by atoms with Crippen LogP contribution in [0.2, 0.25) is 0 Å². The molecular weight excluding hydrogens is 494 g/mol. The topological polar surface area (TPSA) is 92.3 Å². The van der Waals surface area contributed by atoms with Crippen molar-refractivity contribution in [3.8, 4) is 23.1 Å². The van der Waals surface area contributed by atoms with Gasteiger partial charge in [0.2, 0.25) is 11.8 Å². The number of alkyl halides is 3. The van der Waals surface area contributed by atoms with Crippen molar-refractivity contribution < 1.29 is 27.0 Å². The molecule has 5 aromatic rings. The zero-order chi connectivity index (χ0) is 25.9. The Hall–Kier alpha value is -4.29. The monoisotopic (exact) mass is 513 g/mol. The Kier molecular flexibility index (Phi) is 5.24. The van der Waals surface area contributed by atoms with Crippen molar-refractivity contribution in [2.45, 2.75) is 31.0 Å². The Balaban J connectivity index is 1.38. The van der Waals surface area contributed by atoms with Crippen molar-refractivity contribution >= 4 is 16.6 Å². The molecule has 1 unspecified atom stereocenters. The highest BCUT2D eigenvalue weighted by Crippen LogP contribution is 2.56. The normalized spacial score (nSPS) is 17.5. The summed E-state index contributed by atoms with van der Waals surface area (Å²) >= 11 is 0. The number of methoxy groups -OCH3 is 2. The predicted molar refractivity (Wildman–Crippen MR) is 123 cm³/mol. The van der Waals surface area contributed by atoms with Gasteiger partial charge >= 0.3 is 12.2 Å². The minimum Gasteiger partial charge on any atom is -0.480 e. The molecule has 13 heteroatoms. The van der Waals surface area contributed by atoms with Crippen molar-refractivity contribution in [1.82, 2.24) is 34.3 Å². The largest absolute Gasteiger partial charge is 0.480 e. The van der Waals surface area contributed by atoms with E-state index < -0.39 is 18.7 Å². The number of rotatable bonds is 6. The summed E-state index contributed by atoms with van der Waals surface area (Å²) < 4.78 is 66.0. The summed E-state index contributed by atoms with van der Waals surface area (Å²) in [6.07, 6.45) is 1.15. The number of hydrogen-bond donors (Lipinski definition) is 0. The van der Waals surface area contributed by atoms with E-state index in [0.29, 0.717) is 27.5 Å². The van der Waals surface area contributed by atoms with E-state index in [4.69, 9.17) is 9.47 Å². The standard InChI is InChI=1S/C24H19F4N7O2/c1-36-22-17(10-30-23(31-22)37-2)18-9-16(21-29-5-6-34(21)32-18)15-8-14(15)12-3-4-13-19(7-12)35(33-20(13)25)11-24(26,27)28/h3-7,9-10,14-15H,8,11H2,1-2H3/t14-,15?/m1/s1. The number of ether oxygens (including phenoxy) is 2. The van der Waals surface area contributed by atoms with Crippen LogP contribution in [0.1, 0.15) is 29.4 Å². The van der Waals surface area contributed by atoms with E-state index in [1.54, 1.807) is 35.2 Å². The Morgan fingerprint density at radius 2 is 1.89 bits per heavy atom. The van der Waals surface area contributed by atoms with Crippen LogP contribution in [0.4, 0.5) is 17.6 Å². The lowest BCUT2D eigenvalue weighted by atomic mass is 10.0. The second-order valence-corrected chi connectivity index (χ2v) is 8.75. The summed E-state index contributed by atoms with van der Waals surface area (Å²) in [6.45, 7) is -1.36. The third-order valence-corrected chi connectivity index (χ3v) is 6.45. The Bertz CT molecular complexity index is 1650. The van der Waals surface area contributed by atoms with Crippen molar-refractivity contribution in [1.29, 1.82) is 0 Å². The Morgan fingerprint density at radius 1 is 1.05 bits per heavy atom. The van der Waals surface area contributed by atoms with Gasteiger partial charge in [-0.3, -0.25) is 4.68 Å². The number of nitrogens with zero attached hydrogens (tertiary/aromatic N) is 7. The fraction of sp³-hybridized carbons (Fsp3) is 0.292. The highest BCUT2D eigenvalue weighted by atomic mass is 19.4. The zero-order valence-corrected chi connectivity index (χ0v) is 19.6. The first-order chi connectivity index (χ1) is 17.8. The van der Waals surface area contributed by atoms with Crippen LogP contribution in [0, 0.1) is 5.95 Å². The van der Waals surface area contributed by atoms with E-state index in [1.165, 1.54) is 20.3 Å². The van der Waals surface area contributed by atoms with Crippen LogP contribution in [-0.4, -0.2) is 54.7 Å². The molecule has 190 valence electrons. The molecular formula is C24H19F4N7O2. The van der Waals surface area contributed by atoms with Gasteiger partial charge in [-0.2, -0.15) is 27.6 Å². The highest BCUT2D eigenvalue weighted by molar-refractivity contribution is 5.80. The Labute approximate surface area is 206 Å². The molecule has 0 N–H and O–H groups in total. The van der Waals surface area contributed by atoms with E-state index >= 15 is 0 Å². The molecule has 0 aliphatic heterocycles. The second kappa shape index (κ2) is 8.39. The van der Waals surface area contributed by atoms with E-state index in [0.717, 1.165) is 17.5 Å². The maximum atomic E-state index is 14.2. The quantitative estimate of drug-likeness (QED) is 0.308. The minimum absolute atomic E-state index is 0.00598. The fourth-order valence-electron chi connectivity index (χ4n) is 4.70. The van der Waals surface area contributed by atoms with E-state index in [-0.39, 0.29) is 28.7 Å². The molecule has 0 bridgehead atoms. The van der Waals surface area contributed by atoms with Gasteiger partial charge in [0.25, 0.3) is 0 Å². The van der Waals surface area contributed by atoms with Crippen molar-refractivity contribution in [3.05, 3.63) is 59.9 Å². The molecule has 37 heavy (non-hydrogen) atoms. The van der Waals surface area contributed by atoms with Gasteiger partial charge in [-0.05, 0) is 42.0 Å². The van der Waals surface area contributed by atoms with Crippen LogP contribution >= 0.6 is 0 Å². The minimum atomic E-state index is -4.52. The summed E-state index contributed by atoms with van der Waals surface area (Å²) in [5.41, 5.74) is 3.61. The van der Waals surface area contributed by atoms with Crippen molar-refractivity contribution in [2.24, 2.45) is 0 Å². The molecule has 0 spiro atoms.